The Kier molecular flexibility index (Phi) is 6.14. The highest BCUT2D eigenvalue weighted by atomic mass is 32.2. The predicted molar refractivity (Wildman–Crippen MR) is 81.2 cm³/mol. The molecule has 108 valence electrons. The van der Waals surface area contributed by atoms with E-state index in [2.05, 4.69) is 45.7 Å². The lowest BCUT2D eigenvalue weighted by Crippen LogP contribution is -2.27. The van der Waals surface area contributed by atoms with E-state index in [1.807, 2.05) is 13.8 Å². The smallest absolute Gasteiger partial charge is 0.323 e. The van der Waals surface area contributed by atoms with Crippen LogP contribution in [0.5, 0.6) is 6.01 Å². The Bertz CT molecular complexity index is 375. The summed E-state index contributed by atoms with van der Waals surface area (Å²) in [6, 6.07) is 0.345. The minimum Gasteiger partial charge on any atom is -0.464 e. The highest BCUT2D eigenvalue weighted by Crippen LogP contribution is 2.21. The zero-order chi connectivity index (χ0) is 14.3. The molecule has 0 saturated carbocycles. The van der Waals surface area contributed by atoms with Crippen LogP contribution >= 0.6 is 11.8 Å². The molecule has 0 aliphatic rings. The molecule has 0 aliphatic carbocycles. The fourth-order valence-electron chi connectivity index (χ4n) is 1.23. The van der Waals surface area contributed by atoms with Crippen molar-refractivity contribution in [2.75, 3.05) is 36.6 Å². The van der Waals surface area contributed by atoms with Gasteiger partial charge in [-0.05, 0) is 34.0 Å². The Labute approximate surface area is 119 Å². The summed E-state index contributed by atoms with van der Waals surface area (Å²) >= 11 is 1.79. The van der Waals surface area contributed by atoms with Gasteiger partial charge in [0.25, 0.3) is 0 Å². The number of hydrogen-bond donors (Lipinski definition) is 2. The van der Waals surface area contributed by atoms with Gasteiger partial charge < -0.3 is 15.4 Å². The average molecular weight is 285 g/mol. The second kappa shape index (κ2) is 7.37. The molecule has 19 heavy (non-hydrogen) atoms. The summed E-state index contributed by atoms with van der Waals surface area (Å²) in [4.78, 5) is 12.7. The number of nitrogens with zero attached hydrogens (tertiary/aromatic N) is 3. The molecule has 1 rings (SSSR count). The Morgan fingerprint density at radius 1 is 1.11 bits per heavy atom. The minimum atomic E-state index is 0.122. The van der Waals surface area contributed by atoms with E-state index in [4.69, 9.17) is 4.74 Å². The summed E-state index contributed by atoms with van der Waals surface area (Å²) < 4.78 is 5.47. The first-order chi connectivity index (χ1) is 9.00. The van der Waals surface area contributed by atoms with Crippen LogP contribution in [0.3, 0.4) is 0 Å². The van der Waals surface area contributed by atoms with Gasteiger partial charge in [0.05, 0.1) is 6.61 Å². The van der Waals surface area contributed by atoms with Gasteiger partial charge in [0.15, 0.2) is 0 Å². The molecule has 6 nitrogen and oxygen atoms in total. The molecule has 0 radical (unpaired) electrons. The summed E-state index contributed by atoms with van der Waals surface area (Å²) in [7, 11) is 0. The van der Waals surface area contributed by atoms with Gasteiger partial charge in [0, 0.05) is 17.8 Å². The lowest BCUT2D eigenvalue weighted by Gasteiger charge is -2.22. The van der Waals surface area contributed by atoms with Crippen LogP contribution in [-0.2, 0) is 0 Å². The summed E-state index contributed by atoms with van der Waals surface area (Å²) in [6.07, 6.45) is 2.09. The molecule has 2 N–H and O–H groups in total. The Morgan fingerprint density at radius 2 is 1.74 bits per heavy atom. The molecule has 0 saturated heterocycles. The Hall–Kier alpha value is -1.24. The van der Waals surface area contributed by atoms with Crippen molar-refractivity contribution in [2.24, 2.45) is 0 Å². The van der Waals surface area contributed by atoms with Crippen LogP contribution in [0.2, 0.25) is 0 Å². The molecule has 7 heteroatoms. The summed E-state index contributed by atoms with van der Waals surface area (Å²) in [5, 5.41) is 6.30. The standard InChI is InChI=1S/C12H23N5OS/c1-6-13-9-15-10(14-8-12(3,4)19-5)17-11(16-9)18-7-2/h6-8H2,1-5H3,(H2,13,14,15,16,17). The van der Waals surface area contributed by atoms with E-state index in [9.17, 15) is 0 Å². The van der Waals surface area contributed by atoms with Crippen LogP contribution in [0.1, 0.15) is 27.7 Å². The maximum absolute atomic E-state index is 5.34. The van der Waals surface area contributed by atoms with Crippen molar-refractivity contribution >= 4 is 23.7 Å². The summed E-state index contributed by atoms with van der Waals surface area (Å²) in [6.45, 7) is 10.3. The second-order valence-corrected chi connectivity index (χ2v) is 6.06. The van der Waals surface area contributed by atoms with Gasteiger partial charge in [-0.2, -0.15) is 26.7 Å². The topological polar surface area (TPSA) is 72.0 Å². The molecule has 0 amide bonds. The van der Waals surface area contributed by atoms with Gasteiger partial charge in [-0.1, -0.05) is 0 Å². The minimum absolute atomic E-state index is 0.122. The fraction of sp³-hybridized carbons (Fsp3) is 0.750. The molecule has 0 atom stereocenters. The summed E-state index contributed by atoms with van der Waals surface area (Å²) in [5.41, 5.74) is 0. The highest BCUT2D eigenvalue weighted by Gasteiger charge is 2.16. The zero-order valence-electron chi connectivity index (χ0n) is 12.3. The quantitative estimate of drug-likeness (QED) is 0.759. The molecule has 0 spiro atoms. The number of hydrogen-bond acceptors (Lipinski definition) is 7. The van der Waals surface area contributed by atoms with Crippen LogP contribution in [0.4, 0.5) is 11.9 Å². The Morgan fingerprint density at radius 3 is 2.26 bits per heavy atom. The number of ether oxygens (including phenoxy) is 1. The van der Waals surface area contributed by atoms with E-state index < -0.39 is 0 Å². The third kappa shape index (κ3) is 5.50. The average Bonchev–Trinajstić information content (AvgIpc) is 2.37. The van der Waals surface area contributed by atoms with Gasteiger partial charge in [0.2, 0.25) is 11.9 Å². The van der Waals surface area contributed by atoms with Gasteiger partial charge >= 0.3 is 6.01 Å². The van der Waals surface area contributed by atoms with Crippen LogP contribution in [-0.4, -0.2) is 45.7 Å². The lowest BCUT2D eigenvalue weighted by atomic mass is 10.2. The largest absolute Gasteiger partial charge is 0.464 e. The molecular formula is C12H23N5OS. The molecule has 0 bridgehead atoms. The maximum atomic E-state index is 5.34. The van der Waals surface area contributed by atoms with Gasteiger partial charge in [-0.3, -0.25) is 0 Å². The number of anilines is 2. The van der Waals surface area contributed by atoms with Gasteiger partial charge in [-0.25, -0.2) is 0 Å². The molecule has 0 aliphatic heterocycles. The van der Waals surface area contributed by atoms with E-state index in [1.165, 1.54) is 0 Å². The molecule has 1 aromatic heterocycles. The molecule has 1 aromatic rings. The first kappa shape index (κ1) is 15.8. The van der Waals surface area contributed by atoms with Crippen LogP contribution in [0.25, 0.3) is 0 Å². The first-order valence-electron chi connectivity index (χ1n) is 6.42. The van der Waals surface area contributed by atoms with Crippen molar-refractivity contribution < 1.29 is 4.74 Å². The van der Waals surface area contributed by atoms with E-state index >= 15 is 0 Å². The van der Waals surface area contributed by atoms with E-state index in [1.54, 1.807) is 11.8 Å². The van der Waals surface area contributed by atoms with Gasteiger partial charge in [-0.15, -0.1) is 0 Å². The maximum Gasteiger partial charge on any atom is 0.323 e. The van der Waals surface area contributed by atoms with Crippen LogP contribution in [0.15, 0.2) is 0 Å². The fourth-order valence-corrected chi connectivity index (χ4v) is 1.45. The predicted octanol–water partition coefficient (Wildman–Crippen LogP) is 2.26. The first-order valence-corrected chi connectivity index (χ1v) is 7.65. The van der Waals surface area contributed by atoms with E-state index in [0.717, 1.165) is 13.1 Å². The normalized spacial score (nSPS) is 11.2. The van der Waals surface area contributed by atoms with Crippen molar-refractivity contribution in [3.05, 3.63) is 0 Å². The molecule has 0 fully saturated rings. The SMILES string of the molecule is CCNc1nc(NCC(C)(C)SC)nc(OCC)n1. The number of rotatable bonds is 8. The molecule has 1 heterocycles. The summed E-state index contributed by atoms with van der Waals surface area (Å²) in [5.74, 6) is 1.07. The molecular weight excluding hydrogens is 262 g/mol. The van der Waals surface area contributed by atoms with Crippen molar-refractivity contribution in [2.45, 2.75) is 32.4 Å². The van der Waals surface area contributed by atoms with Crippen LogP contribution in [0, 0.1) is 0 Å². The third-order valence-corrected chi connectivity index (χ3v) is 3.70. The van der Waals surface area contributed by atoms with Crippen molar-refractivity contribution in [3.63, 3.8) is 0 Å². The van der Waals surface area contributed by atoms with Crippen molar-refractivity contribution in [1.82, 2.24) is 15.0 Å². The third-order valence-electron chi connectivity index (χ3n) is 2.45. The zero-order valence-corrected chi connectivity index (χ0v) is 13.1. The number of aromatic nitrogens is 3. The van der Waals surface area contributed by atoms with Crippen molar-refractivity contribution in [1.29, 1.82) is 0 Å². The van der Waals surface area contributed by atoms with Gasteiger partial charge in [0.1, 0.15) is 0 Å². The van der Waals surface area contributed by atoms with Crippen LogP contribution < -0.4 is 15.4 Å². The lowest BCUT2D eigenvalue weighted by molar-refractivity contribution is 0.312. The molecule has 0 unspecified atom stereocenters. The second-order valence-electron chi connectivity index (χ2n) is 4.55. The highest BCUT2D eigenvalue weighted by molar-refractivity contribution is 7.99. The van der Waals surface area contributed by atoms with E-state index in [0.29, 0.717) is 24.5 Å². The number of thioether (sulfide) groups is 1. The van der Waals surface area contributed by atoms with E-state index in [-0.39, 0.29) is 4.75 Å². The monoisotopic (exact) mass is 285 g/mol. The number of nitrogens with one attached hydrogen (secondary N) is 2. The molecule has 0 aromatic carbocycles. The Balaban J connectivity index is 2.80. The van der Waals surface area contributed by atoms with Crippen molar-refractivity contribution in [3.8, 4) is 6.01 Å².